The number of rotatable bonds is 6. The van der Waals surface area contributed by atoms with Gasteiger partial charge in [-0.15, -0.1) is 10.2 Å². The fourth-order valence-electron chi connectivity index (χ4n) is 4.77. The zero-order valence-electron chi connectivity index (χ0n) is 19.7. The van der Waals surface area contributed by atoms with Crippen LogP contribution in [-0.2, 0) is 11.8 Å². The molecule has 2 aromatic heterocycles. The van der Waals surface area contributed by atoms with Crippen molar-refractivity contribution in [2.24, 2.45) is 0 Å². The molecule has 37 heavy (non-hydrogen) atoms. The summed E-state index contributed by atoms with van der Waals surface area (Å²) in [5.74, 6) is -0.210. The molecule has 6 rings (SSSR count). The van der Waals surface area contributed by atoms with Gasteiger partial charge in [0.05, 0.1) is 21.8 Å². The molecule has 186 valence electrons. The number of halogens is 4. The second-order valence-corrected chi connectivity index (χ2v) is 11.3. The maximum absolute atomic E-state index is 14.7. The van der Waals surface area contributed by atoms with Crippen LogP contribution < -0.4 is 0 Å². The summed E-state index contributed by atoms with van der Waals surface area (Å²) < 4.78 is 16.5. The Bertz CT molecular complexity index is 1620. The van der Waals surface area contributed by atoms with Crippen LogP contribution in [0.25, 0.3) is 27.6 Å². The van der Waals surface area contributed by atoms with Gasteiger partial charge in [-0.3, -0.25) is 0 Å². The van der Waals surface area contributed by atoms with Crippen molar-refractivity contribution in [1.82, 2.24) is 20.0 Å². The van der Waals surface area contributed by atoms with Crippen molar-refractivity contribution in [3.63, 3.8) is 0 Å². The first-order valence-corrected chi connectivity index (χ1v) is 13.8. The molecule has 4 nitrogen and oxygen atoms in total. The minimum atomic E-state index is -0.422. The summed E-state index contributed by atoms with van der Waals surface area (Å²) in [6.07, 6.45) is 2.38. The third kappa shape index (κ3) is 4.26. The largest absolute Gasteiger partial charge is 0.231 e. The number of hydrogen-bond donors (Lipinski definition) is 0. The molecule has 0 saturated heterocycles. The lowest BCUT2D eigenvalue weighted by Crippen LogP contribution is -2.10. The van der Waals surface area contributed by atoms with Crippen LogP contribution in [0.4, 0.5) is 4.39 Å². The van der Waals surface area contributed by atoms with Gasteiger partial charge in [-0.2, -0.15) is 5.10 Å². The van der Waals surface area contributed by atoms with Crippen LogP contribution in [0.2, 0.25) is 15.1 Å². The lowest BCUT2D eigenvalue weighted by Gasteiger charge is -2.12. The van der Waals surface area contributed by atoms with Gasteiger partial charge in [-0.1, -0.05) is 83.4 Å². The molecular weight excluding hydrogens is 550 g/mol. The molecule has 1 fully saturated rings. The summed E-state index contributed by atoms with van der Waals surface area (Å²) in [7, 11) is 0. The van der Waals surface area contributed by atoms with E-state index < -0.39 is 5.41 Å². The molecule has 0 spiro atoms. The van der Waals surface area contributed by atoms with E-state index in [2.05, 4.69) is 17.1 Å². The number of benzene rings is 3. The second-order valence-electron chi connectivity index (χ2n) is 9.02. The number of nitrogens with zero attached hydrogens (tertiary/aromatic N) is 4. The van der Waals surface area contributed by atoms with Crippen molar-refractivity contribution >= 4 is 46.1 Å². The predicted octanol–water partition coefficient (Wildman–Crippen LogP) is 8.80. The van der Waals surface area contributed by atoms with Crippen molar-refractivity contribution in [3.8, 4) is 27.6 Å². The molecule has 1 aliphatic rings. The molecule has 2 heterocycles. The highest BCUT2D eigenvalue weighted by Gasteiger charge is 2.50. The van der Waals surface area contributed by atoms with Crippen LogP contribution in [0.5, 0.6) is 0 Å². The predicted molar refractivity (Wildman–Crippen MR) is 149 cm³/mol. The number of hydrogen-bond acceptors (Lipinski definition) is 4. The highest BCUT2D eigenvalue weighted by atomic mass is 35.5. The van der Waals surface area contributed by atoms with Gasteiger partial charge in [0.1, 0.15) is 16.5 Å². The van der Waals surface area contributed by atoms with Gasteiger partial charge < -0.3 is 0 Å². The van der Waals surface area contributed by atoms with E-state index in [1.54, 1.807) is 18.2 Å². The molecule has 0 aliphatic heterocycles. The van der Waals surface area contributed by atoms with Crippen molar-refractivity contribution in [1.29, 1.82) is 0 Å². The van der Waals surface area contributed by atoms with Crippen molar-refractivity contribution in [3.05, 3.63) is 104 Å². The molecule has 0 radical (unpaired) electrons. The van der Waals surface area contributed by atoms with Gasteiger partial charge in [0.2, 0.25) is 0 Å². The van der Waals surface area contributed by atoms with Crippen LogP contribution in [0.15, 0.2) is 66.7 Å². The van der Waals surface area contributed by atoms with Crippen LogP contribution in [0.3, 0.4) is 0 Å². The topological polar surface area (TPSA) is 43.6 Å². The van der Waals surface area contributed by atoms with Crippen LogP contribution in [0, 0.1) is 5.82 Å². The first kappa shape index (κ1) is 24.6. The number of aromatic nitrogens is 4. The van der Waals surface area contributed by atoms with E-state index in [0.717, 1.165) is 40.4 Å². The van der Waals surface area contributed by atoms with E-state index in [-0.39, 0.29) is 5.82 Å². The summed E-state index contributed by atoms with van der Waals surface area (Å²) in [6.45, 7) is 2.08. The van der Waals surface area contributed by atoms with Gasteiger partial charge in [0, 0.05) is 26.7 Å². The minimum Gasteiger partial charge on any atom is -0.231 e. The van der Waals surface area contributed by atoms with Crippen molar-refractivity contribution in [2.45, 2.75) is 31.6 Å². The molecule has 1 saturated carbocycles. The highest BCUT2D eigenvalue weighted by molar-refractivity contribution is 7.14. The van der Waals surface area contributed by atoms with Gasteiger partial charge in [0.25, 0.3) is 0 Å². The third-order valence-electron chi connectivity index (χ3n) is 6.77. The monoisotopic (exact) mass is 568 g/mol. The normalized spacial score (nSPS) is 14.2. The second kappa shape index (κ2) is 9.52. The molecule has 0 bridgehead atoms. The fraction of sp³-hybridized carbons (Fsp3) is 0.179. The summed E-state index contributed by atoms with van der Waals surface area (Å²) >= 11 is 20.5. The maximum atomic E-state index is 14.7. The average molecular weight is 570 g/mol. The lowest BCUT2D eigenvalue weighted by atomic mass is 9.96. The molecule has 3 aromatic carbocycles. The van der Waals surface area contributed by atoms with Gasteiger partial charge >= 0.3 is 0 Å². The Morgan fingerprint density at radius 1 is 0.946 bits per heavy atom. The summed E-state index contributed by atoms with van der Waals surface area (Å²) in [4.78, 5) is 0. The molecule has 0 amide bonds. The average Bonchev–Trinajstić information content (AvgIpc) is 3.37. The molecular formula is C28H20Cl3FN4S. The Kier molecular flexibility index (Phi) is 6.32. The smallest absolute Gasteiger partial charge is 0.168 e. The van der Waals surface area contributed by atoms with E-state index >= 15 is 0 Å². The Morgan fingerprint density at radius 2 is 1.68 bits per heavy atom. The summed E-state index contributed by atoms with van der Waals surface area (Å²) in [5, 5.41) is 17.3. The van der Waals surface area contributed by atoms with Gasteiger partial charge in [-0.25, -0.2) is 9.07 Å². The summed E-state index contributed by atoms with van der Waals surface area (Å²) in [6, 6.07) is 19.9. The fourth-order valence-corrected chi connectivity index (χ4v) is 6.50. The molecule has 0 N–H and O–H groups in total. The first-order chi connectivity index (χ1) is 17.9. The molecule has 9 heteroatoms. The maximum Gasteiger partial charge on any atom is 0.168 e. The molecule has 1 aliphatic carbocycles. The molecule has 0 unspecified atom stereocenters. The van der Waals surface area contributed by atoms with E-state index in [1.165, 1.54) is 17.4 Å². The van der Waals surface area contributed by atoms with Crippen LogP contribution in [0.1, 0.15) is 35.9 Å². The molecule has 0 atom stereocenters. The van der Waals surface area contributed by atoms with Crippen LogP contribution in [-0.4, -0.2) is 20.0 Å². The van der Waals surface area contributed by atoms with Crippen molar-refractivity contribution in [2.75, 3.05) is 0 Å². The van der Waals surface area contributed by atoms with E-state index in [9.17, 15) is 4.39 Å². The Balaban J connectivity index is 1.52. The molecule has 5 aromatic rings. The third-order valence-corrected chi connectivity index (χ3v) is 8.69. The minimum absolute atomic E-state index is 0.210. The Labute approximate surface area is 232 Å². The summed E-state index contributed by atoms with van der Waals surface area (Å²) in [5.41, 5.74) is 4.53. The quantitative estimate of drug-likeness (QED) is 0.205. The highest BCUT2D eigenvalue weighted by Crippen LogP contribution is 2.55. The Morgan fingerprint density at radius 3 is 2.35 bits per heavy atom. The van der Waals surface area contributed by atoms with Gasteiger partial charge in [0.15, 0.2) is 5.01 Å². The van der Waals surface area contributed by atoms with E-state index in [4.69, 9.17) is 39.9 Å². The Hall–Kier alpha value is -2.77. The standard InChI is InChI=1S/C28H20Cl3FN4S/c1-2-19-24(26-33-34-27(37-26)28(13-14-28)20-5-3-4-6-22(20)32)35-36(23-12-11-18(30)15-21(23)31)25(19)16-7-9-17(29)10-8-16/h3-12,15H,2,13-14H2,1H3. The zero-order valence-corrected chi connectivity index (χ0v) is 22.8. The van der Waals surface area contributed by atoms with Crippen LogP contribution >= 0.6 is 46.1 Å². The van der Waals surface area contributed by atoms with E-state index in [0.29, 0.717) is 37.7 Å². The SMILES string of the molecule is CCc1c(-c2nnc(C3(c4ccccc4F)CC3)s2)nn(-c2ccc(Cl)cc2Cl)c1-c1ccc(Cl)cc1. The van der Waals surface area contributed by atoms with Gasteiger partial charge in [-0.05, 0) is 55.7 Å². The van der Waals surface area contributed by atoms with E-state index in [1.807, 2.05) is 47.1 Å². The lowest BCUT2D eigenvalue weighted by molar-refractivity contribution is 0.592. The van der Waals surface area contributed by atoms with Crippen molar-refractivity contribution < 1.29 is 4.39 Å². The zero-order chi connectivity index (χ0) is 25.7. The first-order valence-electron chi connectivity index (χ1n) is 11.8.